The zero-order valence-electron chi connectivity index (χ0n) is 12.1. The second-order valence-corrected chi connectivity index (χ2v) is 4.40. The van der Waals surface area contributed by atoms with E-state index in [1.165, 1.54) is 0 Å². The Morgan fingerprint density at radius 3 is 2.43 bits per heavy atom. The number of carbonyl (C=O) groups excluding carboxylic acids is 2. The minimum absolute atomic E-state index is 0.228. The van der Waals surface area contributed by atoms with Crippen LogP contribution < -0.4 is 10.9 Å². The van der Waals surface area contributed by atoms with Crippen molar-refractivity contribution in [2.24, 2.45) is 0 Å². The lowest BCUT2D eigenvalue weighted by Crippen LogP contribution is -2.41. The number of carbonyl (C=O) groups is 2. The predicted molar refractivity (Wildman–Crippen MR) is 76.6 cm³/mol. The van der Waals surface area contributed by atoms with Crippen molar-refractivity contribution in [2.45, 2.75) is 20.8 Å². The zero-order chi connectivity index (χ0) is 15.4. The van der Waals surface area contributed by atoms with Gasteiger partial charge in [-0.15, -0.1) is 0 Å². The molecule has 2 rings (SSSR count). The van der Waals surface area contributed by atoms with E-state index in [1.54, 1.807) is 25.1 Å². The molecule has 0 unspecified atom stereocenters. The molecule has 0 saturated carbocycles. The van der Waals surface area contributed by atoms with Crippen molar-refractivity contribution in [3.05, 3.63) is 35.2 Å². The highest BCUT2D eigenvalue weighted by Gasteiger charge is 2.10. The van der Waals surface area contributed by atoms with Crippen LogP contribution in [0.25, 0.3) is 11.0 Å². The molecular weight excluding hydrogens is 272 g/mol. The molecule has 0 atom stereocenters. The fourth-order valence-corrected chi connectivity index (χ4v) is 1.72. The van der Waals surface area contributed by atoms with Crippen molar-refractivity contribution < 1.29 is 14.3 Å². The number of nitrogens with one attached hydrogen (secondary N) is 2. The number of aryl methyl sites for hydroxylation is 2. The first kappa shape index (κ1) is 14.7. The van der Waals surface area contributed by atoms with E-state index in [2.05, 4.69) is 25.6 Å². The average Bonchev–Trinajstić information content (AvgIpc) is 2.46. The number of benzene rings is 1. The molecule has 0 fully saturated rings. The van der Waals surface area contributed by atoms with Gasteiger partial charge in [0.2, 0.25) is 0 Å². The lowest BCUT2D eigenvalue weighted by Gasteiger charge is -2.08. The fourth-order valence-electron chi connectivity index (χ4n) is 1.72. The summed E-state index contributed by atoms with van der Waals surface area (Å²) < 4.78 is 4.64. The highest BCUT2D eigenvalue weighted by Crippen LogP contribution is 2.14. The first-order valence-corrected chi connectivity index (χ1v) is 6.49. The Kier molecular flexibility index (Phi) is 4.32. The summed E-state index contributed by atoms with van der Waals surface area (Å²) in [6, 6.07) is 4.96. The lowest BCUT2D eigenvalue weighted by atomic mass is 10.1. The third kappa shape index (κ3) is 3.44. The van der Waals surface area contributed by atoms with Crippen LogP contribution in [0.4, 0.5) is 4.79 Å². The largest absolute Gasteiger partial charge is 0.449 e. The first-order chi connectivity index (χ1) is 10.0. The van der Waals surface area contributed by atoms with Crippen molar-refractivity contribution in [1.29, 1.82) is 0 Å². The van der Waals surface area contributed by atoms with E-state index in [9.17, 15) is 9.59 Å². The number of nitrogens with zero attached hydrogens (tertiary/aromatic N) is 2. The van der Waals surface area contributed by atoms with Gasteiger partial charge < -0.3 is 4.74 Å². The van der Waals surface area contributed by atoms with Gasteiger partial charge >= 0.3 is 6.09 Å². The number of hydrazine groups is 1. The number of aromatic nitrogens is 2. The van der Waals surface area contributed by atoms with Gasteiger partial charge in [0, 0.05) is 5.56 Å². The van der Waals surface area contributed by atoms with E-state index in [-0.39, 0.29) is 6.61 Å². The molecule has 0 aliphatic carbocycles. The third-order valence-corrected chi connectivity index (χ3v) is 2.89. The second-order valence-electron chi connectivity index (χ2n) is 4.40. The number of rotatable bonds is 2. The maximum atomic E-state index is 11.9. The lowest BCUT2D eigenvalue weighted by molar-refractivity contribution is 0.0913. The van der Waals surface area contributed by atoms with Crippen LogP contribution in [0.2, 0.25) is 0 Å². The molecule has 0 spiro atoms. The quantitative estimate of drug-likeness (QED) is 0.819. The molecule has 7 heteroatoms. The molecule has 110 valence electrons. The van der Waals surface area contributed by atoms with Gasteiger partial charge in [0.05, 0.1) is 29.0 Å². The molecule has 0 bridgehead atoms. The molecule has 1 heterocycles. The van der Waals surface area contributed by atoms with E-state index >= 15 is 0 Å². The van der Waals surface area contributed by atoms with Gasteiger partial charge in [-0.2, -0.15) is 0 Å². The summed E-state index contributed by atoms with van der Waals surface area (Å²) in [4.78, 5) is 31.8. The van der Waals surface area contributed by atoms with Gasteiger partial charge in [-0.3, -0.25) is 10.2 Å². The summed E-state index contributed by atoms with van der Waals surface area (Å²) in [6.07, 6.45) is -0.710. The van der Waals surface area contributed by atoms with Crippen molar-refractivity contribution >= 4 is 23.0 Å². The van der Waals surface area contributed by atoms with Crippen LogP contribution >= 0.6 is 0 Å². The molecule has 0 saturated heterocycles. The monoisotopic (exact) mass is 288 g/mol. The Balaban J connectivity index is 2.16. The van der Waals surface area contributed by atoms with E-state index in [0.717, 1.165) is 11.4 Å². The van der Waals surface area contributed by atoms with Gasteiger partial charge in [-0.25, -0.2) is 20.2 Å². The van der Waals surface area contributed by atoms with Crippen LogP contribution in [-0.2, 0) is 4.74 Å². The molecule has 1 aromatic carbocycles. The van der Waals surface area contributed by atoms with Crippen LogP contribution in [0.5, 0.6) is 0 Å². The van der Waals surface area contributed by atoms with Crippen LogP contribution in [0, 0.1) is 13.8 Å². The standard InChI is InChI=1S/C14H16N4O3/c1-4-21-14(20)18-17-13(19)10-5-6-11-12(7-10)16-9(3)8(2)15-11/h5-7H,4H2,1-3H3,(H,17,19)(H,18,20). The second kappa shape index (κ2) is 6.17. The zero-order valence-corrected chi connectivity index (χ0v) is 12.1. The molecule has 0 radical (unpaired) electrons. The van der Waals surface area contributed by atoms with Crippen molar-refractivity contribution in [3.8, 4) is 0 Å². The Morgan fingerprint density at radius 2 is 1.76 bits per heavy atom. The number of amides is 2. The van der Waals surface area contributed by atoms with Gasteiger partial charge in [0.25, 0.3) is 5.91 Å². The molecule has 7 nitrogen and oxygen atoms in total. The Morgan fingerprint density at radius 1 is 1.10 bits per heavy atom. The first-order valence-electron chi connectivity index (χ1n) is 6.49. The normalized spacial score (nSPS) is 10.2. The highest BCUT2D eigenvalue weighted by molar-refractivity contribution is 5.97. The van der Waals surface area contributed by atoms with Crippen LogP contribution in [0.3, 0.4) is 0 Å². The van der Waals surface area contributed by atoms with Crippen LogP contribution in [0.1, 0.15) is 28.7 Å². The number of hydrogen-bond acceptors (Lipinski definition) is 5. The molecule has 2 aromatic rings. The van der Waals surface area contributed by atoms with Crippen molar-refractivity contribution in [2.75, 3.05) is 6.61 Å². The molecule has 0 aliphatic rings. The average molecular weight is 288 g/mol. The maximum Gasteiger partial charge on any atom is 0.426 e. The summed E-state index contributed by atoms with van der Waals surface area (Å²) >= 11 is 0. The maximum absolute atomic E-state index is 11.9. The van der Waals surface area contributed by atoms with Gasteiger partial charge in [0.1, 0.15) is 0 Å². The fraction of sp³-hybridized carbons (Fsp3) is 0.286. The molecular formula is C14H16N4O3. The molecule has 0 aliphatic heterocycles. The van der Waals surface area contributed by atoms with E-state index in [0.29, 0.717) is 16.6 Å². The summed E-state index contributed by atoms with van der Waals surface area (Å²) in [5.41, 5.74) is 7.79. The number of hydrogen-bond donors (Lipinski definition) is 2. The Labute approximate surface area is 121 Å². The van der Waals surface area contributed by atoms with E-state index < -0.39 is 12.0 Å². The topological polar surface area (TPSA) is 93.2 Å². The summed E-state index contributed by atoms with van der Waals surface area (Å²) in [6.45, 7) is 5.64. The van der Waals surface area contributed by atoms with Crippen molar-refractivity contribution in [3.63, 3.8) is 0 Å². The minimum Gasteiger partial charge on any atom is -0.449 e. The SMILES string of the molecule is CCOC(=O)NNC(=O)c1ccc2nc(C)c(C)nc2c1. The summed E-state index contributed by atoms with van der Waals surface area (Å²) in [7, 11) is 0. The number of fused-ring (bicyclic) bond motifs is 1. The van der Waals surface area contributed by atoms with Gasteiger partial charge in [-0.1, -0.05) is 0 Å². The van der Waals surface area contributed by atoms with Crippen LogP contribution in [-0.4, -0.2) is 28.6 Å². The van der Waals surface area contributed by atoms with Crippen LogP contribution in [0.15, 0.2) is 18.2 Å². The minimum atomic E-state index is -0.710. The smallest absolute Gasteiger partial charge is 0.426 e. The highest BCUT2D eigenvalue weighted by atomic mass is 16.5. The molecule has 1 aromatic heterocycles. The molecule has 2 N–H and O–H groups in total. The third-order valence-electron chi connectivity index (χ3n) is 2.89. The molecule has 21 heavy (non-hydrogen) atoms. The number of ether oxygens (including phenoxy) is 1. The van der Waals surface area contributed by atoms with Crippen molar-refractivity contribution in [1.82, 2.24) is 20.8 Å². The predicted octanol–water partition coefficient (Wildman–Crippen LogP) is 1.64. The summed E-state index contributed by atoms with van der Waals surface area (Å²) in [5, 5.41) is 0. The Bertz CT molecular complexity index is 700. The van der Waals surface area contributed by atoms with E-state index in [1.807, 2.05) is 13.8 Å². The van der Waals surface area contributed by atoms with Gasteiger partial charge in [0.15, 0.2) is 0 Å². The van der Waals surface area contributed by atoms with E-state index in [4.69, 9.17) is 0 Å². The Hall–Kier alpha value is -2.70. The van der Waals surface area contributed by atoms with Gasteiger partial charge in [-0.05, 0) is 39.0 Å². The molecule has 2 amide bonds. The summed E-state index contributed by atoms with van der Waals surface area (Å²) in [5.74, 6) is -0.454.